The number of carbonyl (C=O) groups is 2. The van der Waals surface area contributed by atoms with E-state index in [0.717, 1.165) is 30.7 Å². The summed E-state index contributed by atoms with van der Waals surface area (Å²) in [7, 11) is 0. The molecule has 0 aliphatic heterocycles. The van der Waals surface area contributed by atoms with Crippen LogP contribution in [0.3, 0.4) is 0 Å². The van der Waals surface area contributed by atoms with E-state index in [1.807, 2.05) is 0 Å². The predicted molar refractivity (Wildman–Crippen MR) is 110 cm³/mol. The van der Waals surface area contributed by atoms with Crippen LogP contribution in [0, 0.1) is 0 Å². The average Bonchev–Trinajstić information content (AvgIpc) is 3.12. The molecule has 0 aliphatic rings. The SMILES string of the molecule is CCCCCOc1ccc(C(=O)Nc2sccc2C(=O)NN=C(C)C)cc1. The van der Waals surface area contributed by atoms with Gasteiger partial charge >= 0.3 is 0 Å². The fourth-order valence-corrected chi connectivity index (χ4v) is 3.01. The number of unbranched alkanes of at least 4 members (excludes halogenated alkanes) is 2. The lowest BCUT2D eigenvalue weighted by Crippen LogP contribution is -2.20. The van der Waals surface area contributed by atoms with Crippen molar-refractivity contribution in [3.05, 3.63) is 46.8 Å². The van der Waals surface area contributed by atoms with Crippen LogP contribution in [-0.2, 0) is 0 Å². The van der Waals surface area contributed by atoms with E-state index in [1.54, 1.807) is 49.6 Å². The lowest BCUT2D eigenvalue weighted by atomic mass is 10.2. The van der Waals surface area contributed by atoms with Gasteiger partial charge in [-0.05, 0) is 56.0 Å². The monoisotopic (exact) mass is 387 g/mol. The molecular weight excluding hydrogens is 362 g/mol. The third kappa shape index (κ3) is 6.53. The summed E-state index contributed by atoms with van der Waals surface area (Å²) >= 11 is 1.29. The Morgan fingerprint density at radius 1 is 1.07 bits per heavy atom. The maximum atomic E-state index is 12.5. The Morgan fingerprint density at radius 3 is 2.48 bits per heavy atom. The molecule has 2 rings (SSSR count). The predicted octanol–water partition coefficient (Wildman–Crippen LogP) is 4.70. The summed E-state index contributed by atoms with van der Waals surface area (Å²) in [4.78, 5) is 24.6. The minimum absolute atomic E-state index is 0.279. The van der Waals surface area contributed by atoms with Crippen molar-refractivity contribution in [3.63, 3.8) is 0 Å². The smallest absolute Gasteiger partial charge is 0.274 e. The molecule has 0 spiro atoms. The minimum Gasteiger partial charge on any atom is -0.494 e. The molecule has 0 radical (unpaired) electrons. The Kier molecular flexibility index (Phi) is 8.00. The molecule has 0 bridgehead atoms. The van der Waals surface area contributed by atoms with E-state index in [2.05, 4.69) is 22.8 Å². The molecule has 0 fully saturated rings. The molecule has 7 heteroatoms. The van der Waals surface area contributed by atoms with Crippen molar-refractivity contribution in [2.45, 2.75) is 40.0 Å². The molecule has 27 heavy (non-hydrogen) atoms. The van der Waals surface area contributed by atoms with Crippen molar-refractivity contribution in [1.29, 1.82) is 0 Å². The first kappa shape index (κ1) is 20.6. The Labute approximate surface area is 163 Å². The van der Waals surface area contributed by atoms with Gasteiger partial charge in [-0.2, -0.15) is 5.10 Å². The van der Waals surface area contributed by atoms with E-state index < -0.39 is 0 Å². The van der Waals surface area contributed by atoms with Crippen LogP contribution >= 0.6 is 11.3 Å². The van der Waals surface area contributed by atoms with Gasteiger partial charge in [-0.3, -0.25) is 9.59 Å². The fraction of sp³-hybridized carbons (Fsp3) is 0.350. The fourth-order valence-electron chi connectivity index (χ4n) is 2.23. The number of rotatable bonds is 9. The summed E-state index contributed by atoms with van der Waals surface area (Å²) in [5.41, 5.74) is 4.08. The van der Waals surface area contributed by atoms with Gasteiger partial charge in [-0.1, -0.05) is 19.8 Å². The van der Waals surface area contributed by atoms with Gasteiger partial charge in [0.25, 0.3) is 11.8 Å². The zero-order chi connectivity index (χ0) is 19.6. The highest BCUT2D eigenvalue weighted by atomic mass is 32.1. The molecule has 144 valence electrons. The number of amides is 2. The molecule has 0 aliphatic carbocycles. The van der Waals surface area contributed by atoms with Gasteiger partial charge in [-0.15, -0.1) is 11.3 Å². The molecule has 2 amide bonds. The average molecular weight is 388 g/mol. The maximum absolute atomic E-state index is 12.5. The second-order valence-electron chi connectivity index (χ2n) is 6.20. The summed E-state index contributed by atoms with van der Waals surface area (Å²) < 4.78 is 5.65. The second-order valence-corrected chi connectivity index (χ2v) is 7.11. The number of hydrazone groups is 1. The van der Waals surface area contributed by atoms with Crippen LogP contribution in [0.5, 0.6) is 5.75 Å². The quantitative estimate of drug-likeness (QED) is 0.372. The van der Waals surface area contributed by atoms with Crippen LogP contribution in [0.1, 0.15) is 60.7 Å². The zero-order valence-electron chi connectivity index (χ0n) is 15.9. The number of thiophene rings is 1. The van der Waals surface area contributed by atoms with Crippen LogP contribution in [0.25, 0.3) is 0 Å². The normalized spacial score (nSPS) is 10.2. The molecule has 2 aromatic rings. The molecule has 0 saturated carbocycles. The van der Waals surface area contributed by atoms with Crippen molar-refractivity contribution in [1.82, 2.24) is 5.43 Å². The molecule has 2 N–H and O–H groups in total. The Balaban J connectivity index is 1.96. The molecule has 1 heterocycles. The van der Waals surface area contributed by atoms with Crippen molar-refractivity contribution < 1.29 is 14.3 Å². The number of nitrogens with one attached hydrogen (secondary N) is 2. The topological polar surface area (TPSA) is 79.8 Å². The Morgan fingerprint density at radius 2 is 1.81 bits per heavy atom. The Hall–Kier alpha value is -2.67. The summed E-state index contributed by atoms with van der Waals surface area (Å²) in [6, 6.07) is 8.64. The van der Waals surface area contributed by atoms with E-state index in [0.29, 0.717) is 22.7 Å². The Bertz CT molecular complexity index is 793. The van der Waals surface area contributed by atoms with Crippen molar-refractivity contribution in [2.24, 2.45) is 5.10 Å². The van der Waals surface area contributed by atoms with Crippen molar-refractivity contribution in [2.75, 3.05) is 11.9 Å². The van der Waals surface area contributed by atoms with Gasteiger partial charge in [0.2, 0.25) is 0 Å². The molecule has 0 saturated heterocycles. The van der Waals surface area contributed by atoms with E-state index in [1.165, 1.54) is 11.3 Å². The highest BCUT2D eigenvalue weighted by molar-refractivity contribution is 7.14. The first-order valence-corrected chi connectivity index (χ1v) is 9.82. The number of hydrogen-bond donors (Lipinski definition) is 2. The highest BCUT2D eigenvalue weighted by Gasteiger charge is 2.15. The maximum Gasteiger partial charge on any atom is 0.274 e. The van der Waals surface area contributed by atoms with Crippen LogP contribution in [0.2, 0.25) is 0 Å². The zero-order valence-corrected chi connectivity index (χ0v) is 16.7. The molecule has 0 unspecified atom stereocenters. The van der Waals surface area contributed by atoms with Crippen LogP contribution in [0.15, 0.2) is 40.8 Å². The number of nitrogens with zero attached hydrogens (tertiary/aromatic N) is 1. The van der Waals surface area contributed by atoms with Crippen LogP contribution < -0.4 is 15.5 Å². The largest absolute Gasteiger partial charge is 0.494 e. The summed E-state index contributed by atoms with van der Waals surface area (Å²) in [6.45, 7) is 6.39. The van der Waals surface area contributed by atoms with Crippen molar-refractivity contribution in [3.8, 4) is 5.75 Å². The van der Waals surface area contributed by atoms with E-state index in [-0.39, 0.29) is 11.8 Å². The van der Waals surface area contributed by atoms with Crippen molar-refractivity contribution >= 4 is 33.9 Å². The number of carbonyl (C=O) groups excluding carboxylic acids is 2. The van der Waals surface area contributed by atoms with E-state index in [4.69, 9.17) is 4.74 Å². The molecule has 1 aromatic heterocycles. The lowest BCUT2D eigenvalue weighted by molar-refractivity contribution is 0.0956. The minimum atomic E-state index is -0.358. The van der Waals surface area contributed by atoms with Gasteiger partial charge in [0, 0.05) is 11.3 Å². The van der Waals surface area contributed by atoms with Gasteiger partial charge in [0.15, 0.2) is 0 Å². The summed E-state index contributed by atoms with van der Waals surface area (Å²) in [6.07, 6.45) is 3.31. The van der Waals surface area contributed by atoms with E-state index in [9.17, 15) is 9.59 Å². The van der Waals surface area contributed by atoms with Gasteiger partial charge in [0.1, 0.15) is 10.8 Å². The molecule has 0 atom stereocenters. The van der Waals surface area contributed by atoms with Gasteiger partial charge in [-0.25, -0.2) is 5.43 Å². The molecule has 1 aromatic carbocycles. The third-order valence-electron chi connectivity index (χ3n) is 3.65. The highest BCUT2D eigenvalue weighted by Crippen LogP contribution is 2.24. The van der Waals surface area contributed by atoms with Gasteiger partial charge in [0.05, 0.1) is 12.2 Å². The first-order chi connectivity index (χ1) is 13.0. The number of benzene rings is 1. The second kappa shape index (κ2) is 10.5. The van der Waals surface area contributed by atoms with Crippen LogP contribution in [-0.4, -0.2) is 24.1 Å². The first-order valence-electron chi connectivity index (χ1n) is 8.94. The summed E-state index contributed by atoms with van der Waals surface area (Å²) in [5, 5.41) is 8.92. The lowest BCUT2D eigenvalue weighted by Gasteiger charge is -2.08. The standard InChI is InChI=1S/C20H25N3O3S/c1-4-5-6-12-26-16-9-7-15(8-10-16)18(24)21-20-17(11-13-27-20)19(25)23-22-14(2)3/h7-11,13H,4-6,12H2,1-3H3,(H,21,24)(H,23,25). The van der Waals surface area contributed by atoms with Crippen LogP contribution in [0.4, 0.5) is 5.00 Å². The third-order valence-corrected chi connectivity index (χ3v) is 4.48. The number of ether oxygens (including phenoxy) is 1. The molecular formula is C20H25N3O3S. The number of anilines is 1. The summed E-state index contributed by atoms with van der Waals surface area (Å²) in [5.74, 6) is 0.106. The molecule has 6 nitrogen and oxygen atoms in total. The van der Waals surface area contributed by atoms with Gasteiger partial charge < -0.3 is 10.1 Å². The number of hydrogen-bond acceptors (Lipinski definition) is 5. The van der Waals surface area contributed by atoms with E-state index >= 15 is 0 Å².